The quantitative estimate of drug-likeness (QED) is 0.691. The first-order chi connectivity index (χ1) is 11.2. The molecule has 0 saturated carbocycles. The van der Waals surface area contributed by atoms with Crippen molar-refractivity contribution in [1.29, 1.82) is 0 Å². The number of aliphatic carboxylic acids is 1. The Morgan fingerprint density at radius 3 is 2.96 bits per heavy atom. The van der Waals surface area contributed by atoms with Gasteiger partial charge in [0.25, 0.3) is 0 Å². The van der Waals surface area contributed by atoms with Gasteiger partial charge in [0.2, 0.25) is 0 Å². The highest BCUT2D eigenvalue weighted by Crippen LogP contribution is 2.21. The van der Waals surface area contributed by atoms with Crippen molar-refractivity contribution >= 4 is 28.8 Å². The molecule has 3 aromatic heterocycles. The molecule has 1 unspecified atom stereocenters. The Kier molecular flexibility index (Phi) is 4.52. The van der Waals surface area contributed by atoms with Gasteiger partial charge in [-0.3, -0.25) is 0 Å². The lowest BCUT2D eigenvalue weighted by Crippen LogP contribution is -2.29. The van der Waals surface area contributed by atoms with Crippen LogP contribution in [-0.4, -0.2) is 36.9 Å². The molecule has 8 heteroatoms. The molecule has 0 bridgehead atoms. The van der Waals surface area contributed by atoms with Crippen LogP contribution in [0, 0.1) is 0 Å². The van der Waals surface area contributed by atoms with Gasteiger partial charge in [-0.2, -0.15) is 15.9 Å². The molecule has 3 heterocycles. The van der Waals surface area contributed by atoms with Crippen molar-refractivity contribution in [2.45, 2.75) is 32.2 Å². The standard InChI is InChI=1S/C15H17N5O2S/c1-2-3-4-11(15(21)22)16-12-5-6-13-17-18-14(20(13)19-12)10-7-8-23-9-10/h5-9,11H,2-4H2,1H3,(H,16,19)(H,21,22). The second-order valence-corrected chi connectivity index (χ2v) is 5.98. The predicted molar refractivity (Wildman–Crippen MR) is 88.7 cm³/mol. The number of unbranched alkanes of at least 4 members (excludes halogenated alkanes) is 1. The Labute approximate surface area is 137 Å². The summed E-state index contributed by atoms with van der Waals surface area (Å²) in [6.07, 6.45) is 2.36. The molecule has 1 atom stereocenters. The summed E-state index contributed by atoms with van der Waals surface area (Å²) < 4.78 is 1.63. The third-order valence-corrected chi connectivity index (χ3v) is 4.19. The summed E-state index contributed by atoms with van der Waals surface area (Å²) in [5.74, 6) is 0.268. The van der Waals surface area contributed by atoms with Gasteiger partial charge in [0.1, 0.15) is 11.9 Å². The highest BCUT2D eigenvalue weighted by Gasteiger charge is 2.18. The van der Waals surface area contributed by atoms with E-state index in [0.29, 0.717) is 23.7 Å². The van der Waals surface area contributed by atoms with Gasteiger partial charge in [-0.25, -0.2) is 4.79 Å². The van der Waals surface area contributed by atoms with Gasteiger partial charge in [-0.05, 0) is 30.0 Å². The molecule has 7 nitrogen and oxygen atoms in total. The number of hydrogen-bond acceptors (Lipinski definition) is 6. The zero-order chi connectivity index (χ0) is 16.2. The molecule has 23 heavy (non-hydrogen) atoms. The van der Waals surface area contributed by atoms with Crippen LogP contribution in [0.2, 0.25) is 0 Å². The maximum atomic E-state index is 11.4. The molecule has 0 saturated heterocycles. The fourth-order valence-corrected chi connectivity index (χ4v) is 2.92. The summed E-state index contributed by atoms with van der Waals surface area (Å²) in [5.41, 5.74) is 1.56. The Hall–Kier alpha value is -2.48. The number of carbonyl (C=O) groups is 1. The van der Waals surface area contributed by atoms with E-state index in [1.165, 1.54) is 0 Å². The van der Waals surface area contributed by atoms with Gasteiger partial charge in [0, 0.05) is 10.9 Å². The van der Waals surface area contributed by atoms with Gasteiger partial charge in [-0.1, -0.05) is 19.8 Å². The average molecular weight is 331 g/mol. The minimum atomic E-state index is -0.873. The highest BCUT2D eigenvalue weighted by atomic mass is 32.1. The molecule has 0 aliphatic rings. The lowest BCUT2D eigenvalue weighted by Gasteiger charge is -2.14. The zero-order valence-corrected chi connectivity index (χ0v) is 13.5. The van der Waals surface area contributed by atoms with Crippen molar-refractivity contribution < 1.29 is 9.90 Å². The van der Waals surface area contributed by atoms with Crippen molar-refractivity contribution in [3.63, 3.8) is 0 Å². The van der Waals surface area contributed by atoms with Crippen LogP contribution in [0.25, 0.3) is 17.0 Å². The van der Waals surface area contributed by atoms with Gasteiger partial charge in [0.05, 0.1) is 0 Å². The van der Waals surface area contributed by atoms with Gasteiger partial charge < -0.3 is 10.4 Å². The van der Waals surface area contributed by atoms with Crippen LogP contribution in [-0.2, 0) is 4.79 Å². The highest BCUT2D eigenvalue weighted by molar-refractivity contribution is 7.08. The van der Waals surface area contributed by atoms with E-state index < -0.39 is 12.0 Å². The molecule has 0 radical (unpaired) electrons. The average Bonchev–Trinajstić information content (AvgIpc) is 3.19. The number of nitrogens with zero attached hydrogens (tertiary/aromatic N) is 4. The number of hydrogen-bond donors (Lipinski definition) is 2. The van der Waals surface area contributed by atoms with Gasteiger partial charge in [0.15, 0.2) is 11.5 Å². The summed E-state index contributed by atoms with van der Waals surface area (Å²) in [6.45, 7) is 2.04. The Balaban J connectivity index is 1.89. The van der Waals surface area contributed by atoms with Crippen LogP contribution in [0.4, 0.5) is 5.82 Å². The van der Waals surface area contributed by atoms with Crippen molar-refractivity contribution in [3.05, 3.63) is 29.0 Å². The molecule has 0 spiro atoms. The van der Waals surface area contributed by atoms with E-state index in [9.17, 15) is 9.90 Å². The fraction of sp³-hybridized carbons (Fsp3) is 0.333. The second-order valence-electron chi connectivity index (χ2n) is 5.20. The molecule has 3 rings (SSSR count). The molecule has 0 aliphatic carbocycles. The minimum absolute atomic E-state index is 0.497. The zero-order valence-electron chi connectivity index (χ0n) is 12.6. The van der Waals surface area contributed by atoms with E-state index in [4.69, 9.17) is 0 Å². The van der Waals surface area contributed by atoms with Crippen molar-refractivity contribution in [2.75, 3.05) is 5.32 Å². The van der Waals surface area contributed by atoms with E-state index in [0.717, 1.165) is 18.4 Å². The molecular formula is C15H17N5O2S. The van der Waals surface area contributed by atoms with Crippen molar-refractivity contribution in [1.82, 2.24) is 19.8 Å². The lowest BCUT2D eigenvalue weighted by atomic mass is 10.1. The maximum absolute atomic E-state index is 11.4. The van der Waals surface area contributed by atoms with Crippen LogP contribution < -0.4 is 5.32 Å². The molecule has 0 fully saturated rings. The summed E-state index contributed by atoms with van der Waals surface area (Å²) in [4.78, 5) is 11.4. The number of carboxylic acid groups (broad SMARTS) is 1. The van der Waals surface area contributed by atoms with Crippen LogP contribution in [0.3, 0.4) is 0 Å². The number of nitrogens with one attached hydrogen (secondary N) is 1. The number of anilines is 1. The van der Waals surface area contributed by atoms with E-state index in [-0.39, 0.29) is 0 Å². The summed E-state index contributed by atoms with van der Waals surface area (Å²) in [7, 11) is 0. The molecule has 2 N–H and O–H groups in total. The summed E-state index contributed by atoms with van der Waals surface area (Å²) >= 11 is 1.57. The number of carboxylic acids is 1. The maximum Gasteiger partial charge on any atom is 0.326 e. The first-order valence-corrected chi connectivity index (χ1v) is 8.37. The third-order valence-electron chi connectivity index (χ3n) is 3.51. The first-order valence-electron chi connectivity index (χ1n) is 7.43. The monoisotopic (exact) mass is 331 g/mol. The summed E-state index contributed by atoms with van der Waals surface area (Å²) in [6, 6.07) is 4.80. The Bertz CT molecular complexity index is 799. The van der Waals surface area contributed by atoms with Crippen LogP contribution in [0.5, 0.6) is 0 Å². The van der Waals surface area contributed by atoms with Crippen molar-refractivity contribution in [3.8, 4) is 11.4 Å². The molecule has 0 aliphatic heterocycles. The Morgan fingerprint density at radius 1 is 1.39 bits per heavy atom. The van der Waals surface area contributed by atoms with E-state index in [2.05, 4.69) is 20.6 Å². The molecule has 120 valence electrons. The van der Waals surface area contributed by atoms with Crippen molar-refractivity contribution in [2.24, 2.45) is 0 Å². The van der Waals surface area contributed by atoms with Crippen LogP contribution >= 0.6 is 11.3 Å². The smallest absolute Gasteiger partial charge is 0.326 e. The molecular weight excluding hydrogens is 314 g/mol. The van der Waals surface area contributed by atoms with E-state index in [1.807, 2.05) is 23.8 Å². The Morgan fingerprint density at radius 2 is 2.26 bits per heavy atom. The molecule has 0 aromatic carbocycles. The number of rotatable bonds is 7. The molecule has 3 aromatic rings. The predicted octanol–water partition coefficient (Wildman–Crippen LogP) is 2.91. The van der Waals surface area contributed by atoms with E-state index >= 15 is 0 Å². The third kappa shape index (κ3) is 3.31. The van der Waals surface area contributed by atoms with Gasteiger partial charge >= 0.3 is 5.97 Å². The normalized spacial score (nSPS) is 12.4. The minimum Gasteiger partial charge on any atom is -0.480 e. The number of thiophene rings is 1. The van der Waals surface area contributed by atoms with Crippen LogP contribution in [0.1, 0.15) is 26.2 Å². The van der Waals surface area contributed by atoms with Gasteiger partial charge in [-0.15, -0.1) is 15.3 Å². The van der Waals surface area contributed by atoms with E-state index in [1.54, 1.807) is 28.0 Å². The fourth-order valence-electron chi connectivity index (χ4n) is 2.28. The largest absolute Gasteiger partial charge is 0.480 e. The topological polar surface area (TPSA) is 92.4 Å². The number of aromatic nitrogens is 4. The SMILES string of the molecule is CCCCC(Nc1ccc2nnc(-c3ccsc3)n2n1)C(=O)O. The van der Waals surface area contributed by atoms with Crippen LogP contribution in [0.15, 0.2) is 29.0 Å². The summed E-state index contributed by atoms with van der Waals surface area (Å²) in [5, 5.41) is 28.9. The molecule has 0 amide bonds. The number of fused-ring (bicyclic) bond motifs is 1. The lowest BCUT2D eigenvalue weighted by molar-refractivity contribution is -0.138. The second kappa shape index (κ2) is 6.74. The first kappa shape index (κ1) is 15.4.